The van der Waals surface area contributed by atoms with Gasteiger partial charge in [-0.05, 0) is 58.4 Å². The summed E-state index contributed by atoms with van der Waals surface area (Å²) in [6, 6.07) is 7.15. The summed E-state index contributed by atoms with van der Waals surface area (Å²) in [5, 5.41) is 0. The number of carbonyl (C=O) groups excluding carboxylic acids is 2. The van der Waals surface area contributed by atoms with E-state index < -0.39 is 17.2 Å². The molecule has 4 nitrogen and oxygen atoms in total. The Balaban J connectivity index is 2.86. The molecule has 114 valence electrons. The van der Waals surface area contributed by atoms with Gasteiger partial charge in [-0.25, -0.2) is 4.79 Å². The summed E-state index contributed by atoms with van der Waals surface area (Å²) in [4.78, 5) is 22.5. The van der Waals surface area contributed by atoms with Crippen LogP contribution >= 0.6 is 0 Å². The lowest BCUT2D eigenvalue weighted by atomic mass is 10.1. The predicted molar refractivity (Wildman–Crippen MR) is 82.1 cm³/mol. The standard InChI is InChI=1S/C17H22O4/c1-16(2,3)21-15(19)17(4,5)20-14-10-6-8-13(12-14)9-7-11-18/h6-12H,1-5H3/b9-7+. The third kappa shape index (κ3) is 5.81. The van der Waals surface area contributed by atoms with E-state index in [1.807, 2.05) is 26.8 Å². The predicted octanol–water partition coefficient (Wildman–Crippen LogP) is 3.40. The molecule has 1 aromatic rings. The fraction of sp³-hybridized carbons (Fsp3) is 0.412. The van der Waals surface area contributed by atoms with E-state index in [9.17, 15) is 9.59 Å². The molecule has 0 unspecified atom stereocenters. The van der Waals surface area contributed by atoms with Crippen LogP contribution in [0.3, 0.4) is 0 Å². The number of benzene rings is 1. The monoisotopic (exact) mass is 290 g/mol. The highest BCUT2D eigenvalue weighted by atomic mass is 16.6. The van der Waals surface area contributed by atoms with E-state index >= 15 is 0 Å². The Hall–Kier alpha value is -2.10. The molecule has 0 fully saturated rings. The van der Waals surface area contributed by atoms with E-state index in [-0.39, 0.29) is 0 Å². The Labute approximate surface area is 125 Å². The SMILES string of the molecule is CC(C)(C)OC(=O)C(C)(C)Oc1cccc(/C=C/C=O)c1. The van der Waals surface area contributed by atoms with Crippen molar-refractivity contribution in [1.29, 1.82) is 0 Å². The maximum absolute atomic E-state index is 12.1. The lowest BCUT2D eigenvalue weighted by Gasteiger charge is -2.29. The molecule has 1 rings (SSSR count). The van der Waals surface area contributed by atoms with Crippen molar-refractivity contribution >= 4 is 18.3 Å². The molecule has 0 amide bonds. The van der Waals surface area contributed by atoms with E-state index in [4.69, 9.17) is 9.47 Å². The topological polar surface area (TPSA) is 52.6 Å². The maximum Gasteiger partial charge on any atom is 0.350 e. The minimum atomic E-state index is -1.10. The molecule has 21 heavy (non-hydrogen) atoms. The van der Waals surface area contributed by atoms with Crippen LogP contribution in [0.4, 0.5) is 0 Å². The summed E-state index contributed by atoms with van der Waals surface area (Å²) < 4.78 is 11.1. The van der Waals surface area contributed by atoms with Gasteiger partial charge in [0.2, 0.25) is 0 Å². The van der Waals surface area contributed by atoms with Crippen molar-refractivity contribution in [3.8, 4) is 5.75 Å². The molecule has 1 aromatic carbocycles. The van der Waals surface area contributed by atoms with E-state index in [0.717, 1.165) is 5.56 Å². The summed E-state index contributed by atoms with van der Waals surface area (Å²) in [7, 11) is 0. The van der Waals surface area contributed by atoms with Gasteiger partial charge < -0.3 is 9.47 Å². The molecule has 0 heterocycles. The molecule has 0 N–H and O–H groups in total. The van der Waals surface area contributed by atoms with Crippen molar-refractivity contribution in [2.24, 2.45) is 0 Å². The van der Waals surface area contributed by atoms with Crippen LogP contribution in [0.25, 0.3) is 6.08 Å². The number of aldehydes is 1. The van der Waals surface area contributed by atoms with Crippen molar-refractivity contribution in [2.45, 2.75) is 45.8 Å². The van der Waals surface area contributed by atoms with E-state index in [1.165, 1.54) is 6.08 Å². The summed E-state index contributed by atoms with van der Waals surface area (Å²) in [5.74, 6) is 0.114. The second-order valence-electron chi connectivity index (χ2n) is 6.18. The van der Waals surface area contributed by atoms with Gasteiger partial charge in [0.15, 0.2) is 5.60 Å². The number of rotatable bonds is 5. The van der Waals surface area contributed by atoms with Crippen LogP contribution in [-0.2, 0) is 14.3 Å². The Morgan fingerprint density at radius 3 is 2.38 bits per heavy atom. The Morgan fingerprint density at radius 2 is 1.81 bits per heavy atom. The molecule has 0 aliphatic carbocycles. The first-order valence-corrected chi connectivity index (χ1v) is 6.78. The van der Waals surface area contributed by atoms with Crippen molar-refractivity contribution in [3.05, 3.63) is 35.9 Å². The highest BCUT2D eigenvalue weighted by molar-refractivity contribution is 5.79. The van der Waals surface area contributed by atoms with Crippen LogP contribution in [0.1, 0.15) is 40.2 Å². The second-order valence-corrected chi connectivity index (χ2v) is 6.18. The summed E-state index contributed by atoms with van der Waals surface area (Å²) >= 11 is 0. The smallest absolute Gasteiger partial charge is 0.350 e. The lowest BCUT2D eigenvalue weighted by Crippen LogP contribution is -2.43. The highest BCUT2D eigenvalue weighted by Gasteiger charge is 2.34. The van der Waals surface area contributed by atoms with Gasteiger partial charge in [0.05, 0.1) is 0 Å². The maximum atomic E-state index is 12.1. The Kier molecular flexibility index (Phi) is 5.30. The van der Waals surface area contributed by atoms with Gasteiger partial charge in [0, 0.05) is 0 Å². The zero-order valence-corrected chi connectivity index (χ0v) is 13.2. The van der Waals surface area contributed by atoms with Crippen LogP contribution < -0.4 is 4.74 Å². The number of hydrogen-bond acceptors (Lipinski definition) is 4. The van der Waals surface area contributed by atoms with Crippen molar-refractivity contribution in [3.63, 3.8) is 0 Å². The summed E-state index contributed by atoms with van der Waals surface area (Å²) in [6.45, 7) is 8.76. The van der Waals surface area contributed by atoms with Gasteiger partial charge in [-0.3, -0.25) is 4.79 Å². The molecule has 4 heteroatoms. The fourth-order valence-corrected chi connectivity index (χ4v) is 1.57. The molecule has 0 aliphatic heterocycles. The van der Waals surface area contributed by atoms with Crippen molar-refractivity contribution in [2.75, 3.05) is 0 Å². The van der Waals surface area contributed by atoms with Gasteiger partial charge in [-0.1, -0.05) is 18.2 Å². The first kappa shape index (κ1) is 17.0. The number of esters is 1. The fourth-order valence-electron chi connectivity index (χ4n) is 1.57. The first-order chi connectivity index (χ1) is 9.64. The molecule has 0 aliphatic rings. The van der Waals surface area contributed by atoms with E-state index in [1.54, 1.807) is 38.1 Å². The second kappa shape index (κ2) is 6.57. The lowest BCUT2D eigenvalue weighted by molar-refractivity contribution is -0.170. The average Bonchev–Trinajstić information content (AvgIpc) is 2.34. The minimum Gasteiger partial charge on any atom is -0.476 e. The largest absolute Gasteiger partial charge is 0.476 e. The normalized spacial score (nSPS) is 12.2. The molecule has 0 bridgehead atoms. The molecule has 0 radical (unpaired) electrons. The van der Waals surface area contributed by atoms with Crippen LogP contribution in [0.2, 0.25) is 0 Å². The van der Waals surface area contributed by atoms with Gasteiger partial charge >= 0.3 is 5.97 Å². The Bertz CT molecular complexity index is 536. The number of ether oxygens (including phenoxy) is 2. The zero-order chi connectivity index (χ0) is 16.1. The molecular formula is C17H22O4. The van der Waals surface area contributed by atoms with Gasteiger partial charge in [0.1, 0.15) is 17.6 Å². The van der Waals surface area contributed by atoms with Gasteiger partial charge in [-0.15, -0.1) is 0 Å². The quantitative estimate of drug-likeness (QED) is 0.474. The van der Waals surface area contributed by atoms with Gasteiger partial charge in [-0.2, -0.15) is 0 Å². The van der Waals surface area contributed by atoms with Crippen molar-refractivity contribution in [1.82, 2.24) is 0 Å². The zero-order valence-electron chi connectivity index (χ0n) is 13.2. The number of carbonyl (C=O) groups is 2. The summed E-state index contributed by atoms with van der Waals surface area (Å²) in [5.41, 5.74) is -0.841. The average molecular weight is 290 g/mol. The molecule has 0 saturated heterocycles. The van der Waals surface area contributed by atoms with Gasteiger partial charge in [0.25, 0.3) is 0 Å². The molecule has 0 aromatic heterocycles. The summed E-state index contributed by atoms with van der Waals surface area (Å²) in [6.07, 6.45) is 3.77. The van der Waals surface area contributed by atoms with Crippen LogP contribution in [0.15, 0.2) is 30.3 Å². The highest BCUT2D eigenvalue weighted by Crippen LogP contribution is 2.23. The Morgan fingerprint density at radius 1 is 1.14 bits per heavy atom. The molecule has 0 saturated carbocycles. The van der Waals surface area contributed by atoms with E-state index in [0.29, 0.717) is 12.0 Å². The third-order valence-corrected chi connectivity index (χ3v) is 2.49. The molecule has 0 atom stereocenters. The molecular weight excluding hydrogens is 268 g/mol. The van der Waals surface area contributed by atoms with Crippen LogP contribution in [-0.4, -0.2) is 23.5 Å². The molecule has 0 spiro atoms. The first-order valence-electron chi connectivity index (χ1n) is 6.78. The van der Waals surface area contributed by atoms with Crippen LogP contribution in [0, 0.1) is 0 Å². The third-order valence-electron chi connectivity index (χ3n) is 2.49. The minimum absolute atomic E-state index is 0.427. The van der Waals surface area contributed by atoms with Crippen molar-refractivity contribution < 1.29 is 19.1 Å². The van der Waals surface area contributed by atoms with Crippen LogP contribution in [0.5, 0.6) is 5.75 Å². The van der Waals surface area contributed by atoms with E-state index in [2.05, 4.69) is 0 Å². The number of hydrogen-bond donors (Lipinski definition) is 0. The number of allylic oxidation sites excluding steroid dienone is 1.